The molecule has 0 heterocycles. The second kappa shape index (κ2) is 4.33. The van der Waals surface area contributed by atoms with E-state index in [0.717, 1.165) is 5.56 Å². The highest BCUT2D eigenvalue weighted by Gasteiger charge is 2.12. The van der Waals surface area contributed by atoms with Crippen LogP contribution in [0.3, 0.4) is 0 Å². The van der Waals surface area contributed by atoms with Crippen LogP contribution in [0.5, 0.6) is 0 Å². The van der Waals surface area contributed by atoms with Crippen molar-refractivity contribution in [1.82, 2.24) is 0 Å². The molecule has 0 aliphatic heterocycles. The number of rotatable bonds is 3. The molecule has 0 amide bonds. The van der Waals surface area contributed by atoms with Gasteiger partial charge < -0.3 is 0 Å². The van der Waals surface area contributed by atoms with Crippen LogP contribution in [-0.4, -0.2) is 8.42 Å². The first-order valence-electron chi connectivity index (χ1n) is 4.95. The van der Waals surface area contributed by atoms with Crippen LogP contribution in [0.2, 0.25) is 0 Å². The van der Waals surface area contributed by atoms with E-state index in [0.29, 0.717) is 11.8 Å². The summed E-state index contributed by atoms with van der Waals surface area (Å²) in [5.74, 6) is 0.949. The Morgan fingerprint density at radius 3 is 1.87 bits per heavy atom. The molecule has 1 aromatic rings. The van der Waals surface area contributed by atoms with Crippen molar-refractivity contribution in [2.75, 3.05) is 0 Å². The van der Waals surface area contributed by atoms with Crippen LogP contribution in [-0.2, 0) is 10.0 Å². The molecule has 84 valence electrons. The van der Waals surface area contributed by atoms with Gasteiger partial charge in [-0.15, -0.1) is 0 Å². The molecule has 1 atom stereocenters. The van der Waals surface area contributed by atoms with E-state index in [2.05, 4.69) is 20.8 Å². The van der Waals surface area contributed by atoms with E-state index >= 15 is 0 Å². The summed E-state index contributed by atoms with van der Waals surface area (Å²) >= 11 is 0. The van der Waals surface area contributed by atoms with Crippen LogP contribution >= 0.6 is 0 Å². The molecule has 1 unspecified atom stereocenters. The average molecular weight is 227 g/mol. The molecule has 0 bridgehead atoms. The smallest absolute Gasteiger partial charge is 0.225 e. The number of hydrogen-bond acceptors (Lipinski definition) is 2. The van der Waals surface area contributed by atoms with E-state index in [1.807, 2.05) is 12.1 Å². The highest BCUT2D eigenvalue weighted by Crippen LogP contribution is 2.24. The lowest BCUT2D eigenvalue weighted by Gasteiger charge is -2.15. The second-order valence-corrected chi connectivity index (χ2v) is 5.71. The fourth-order valence-electron chi connectivity index (χ4n) is 1.35. The van der Waals surface area contributed by atoms with Crippen molar-refractivity contribution in [2.24, 2.45) is 11.1 Å². The summed E-state index contributed by atoms with van der Waals surface area (Å²) in [6, 6.07) is 6.77. The molecular weight excluding hydrogens is 210 g/mol. The fraction of sp³-hybridized carbons (Fsp3) is 0.455. The lowest BCUT2D eigenvalue weighted by molar-refractivity contribution is 0.534. The molecule has 0 saturated heterocycles. The highest BCUT2D eigenvalue weighted by molar-refractivity contribution is 7.89. The topological polar surface area (TPSA) is 60.2 Å². The minimum Gasteiger partial charge on any atom is -0.225 e. The summed E-state index contributed by atoms with van der Waals surface area (Å²) in [5, 5.41) is 5.01. The predicted molar refractivity (Wildman–Crippen MR) is 61.1 cm³/mol. The first kappa shape index (κ1) is 12.2. The molecule has 1 aromatic carbocycles. The Balaban J connectivity index is 3.01. The SMILES string of the molecule is CC(C)C(C)c1ccc(S(N)(=O)=O)cc1. The summed E-state index contributed by atoms with van der Waals surface area (Å²) in [6.07, 6.45) is 0. The van der Waals surface area contributed by atoms with Crippen LogP contribution in [0.4, 0.5) is 0 Å². The van der Waals surface area contributed by atoms with Crippen LogP contribution < -0.4 is 5.14 Å². The van der Waals surface area contributed by atoms with Crippen LogP contribution in [0.25, 0.3) is 0 Å². The third kappa shape index (κ3) is 3.04. The molecule has 15 heavy (non-hydrogen) atoms. The zero-order valence-corrected chi connectivity index (χ0v) is 10.1. The Labute approximate surface area is 91.4 Å². The predicted octanol–water partition coefficient (Wildman–Crippen LogP) is 2.09. The number of primary sulfonamides is 1. The van der Waals surface area contributed by atoms with Gasteiger partial charge in [0.2, 0.25) is 10.0 Å². The summed E-state index contributed by atoms with van der Waals surface area (Å²) in [4.78, 5) is 0.169. The minimum atomic E-state index is -3.57. The number of sulfonamides is 1. The molecule has 2 N–H and O–H groups in total. The maximum absolute atomic E-state index is 11.0. The second-order valence-electron chi connectivity index (χ2n) is 4.15. The largest absolute Gasteiger partial charge is 0.238 e. The molecular formula is C11H17NO2S. The van der Waals surface area contributed by atoms with Crippen molar-refractivity contribution in [3.63, 3.8) is 0 Å². The molecule has 0 aromatic heterocycles. The monoisotopic (exact) mass is 227 g/mol. The highest BCUT2D eigenvalue weighted by atomic mass is 32.2. The molecule has 3 nitrogen and oxygen atoms in total. The van der Waals surface area contributed by atoms with Gasteiger partial charge in [-0.1, -0.05) is 32.9 Å². The Kier molecular flexibility index (Phi) is 3.52. The number of benzene rings is 1. The van der Waals surface area contributed by atoms with E-state index in [1.165, 1.54) is 0 Å². The van der Waals surface area contributed by atoms with Crippen LogP contribution in [0.15, 0.2) is 29.2 Å². The third-order valence-corrected chi connectivity index (χ3v) is 3.66. The zero-order chi connectivity index (χ0) is 11.6. The molecule has 0 fully saturated rings. The van der Waals surface area contributed by atoms with Gasteiger partial charge >= 0.3 is 0 Å². The van der Waals surface area contributed by atoms with Gasteiger partial charge in [0.1, 0.15) is 0 Å². The molecule has 0 radical (unpaired) electrons. The quantitative estimate of drug-likeness (QED) is 0.859. The van der Waals surface area contributed by atoms with E-state index in [1.54, 1.807) is 12.1 Å². The Morgan fingerprint density at radius 2 is 1.53 bits per heavy atom. The summed E-state index contributed by atoms with van der Waals surface area (Å²) in [6.45, 7) is 6.40. The van der Waals surface area contributed by atoms with Gasteiger partial charge in [-0.25, -0.2) is 13.6 Å². The van der Waals surface area contributed by atoms with Gasteiger partial charge in [0.25, 0.3) is 0 Å². The van der Waals surface area contributed by atoms with Crippen molar-refractivity contribution in [3.8, 4) is 0 Å². The third-order valence-electron chi connectivity index (χ3n) is 2.73. The molecule has 1 rings (SSSR count). The van der Waals surface area contributed by atoms with Crippen molar-refractivity contribution in [3.05, 3.63) is 29.8 Å². The van der Waals surface area contributed by atoms with Gasteiger partial charge in [0.15, 0.2) is 0 Å². The first-order chi connectivity index (χ1) is 6.82. The van der Waals surface area contributed by atoms with E-state index in [-0.39, 0.29) is 4.90 Å². The lowest BCUT2D eigenvalue weighted by atomic mass is 9.90. The van der Waals surface area contributed by atoms with Gasteiger partial charge in [0.05, 0.1) is 4.90 Å². The van der Waals surface area contributed by atoms with Gasteiger partial charge in [-0.2, -0.15) is 0 Å². The Bertz CT molecular complexity index is 420. The normalized spacial score (nSPS) is 14.2. The number of nitrogens with two attached hydrogens (primary N) is 1. The zero-order valence-electron chi connectivity index (χ0n) is 9.27. The van der Waals surface area contributed by atoms with E-state index in [4.69, 9.17) is 5.14 Å². The lowest BCUT2D eigenvalue weighted by Crippen LogP contribution is -2.12. The van der Waals surface area contributed by atoms with Crippen LogP contribution in [0, 0.1) is 5.92 Å². The molecule has 0 aliphatic rings. The molecule has 0 saturated carbocycles. The maximum Gasteiger partial charge on any atom is 0.238 e. The van der Waals surface area contributed by atoms with Crippen molar-refractivity contribution < 1.29 is 8.42 Å². The fourth-order valence-corrected chi connectivity index (χ4v) is 1.86. The average Bonchev–Trinajstić information content (AvgIpc) is 2.15. The minimum absolute atomic E-state index is 0.169. The summed E-state index contributed by atoms with van der Waals surface area (Å²) in [7, 11) is -3.57. The Hall–Kier alpha value is -0.870. The van der Waals surface area contributed by atoms with Gasteiger partial charge in [-0.05, 0) is 29.5 Å². The van der Waals surface area contributed by atoms with Crippen molar-refractivity contribution in [1.29, 1.82) is 0 Å². The van der Waals surface area contributed by atoms with Crippen molar-refractivity contribution in [2.45, 2.75) is 31.6 Å². The van der Waals surface area contributed by atoms with Crippen molar-refractivity contribution >= 4 is 10.0 Å². The van der Waals surface area contributed by atoms with Gasteiger partial charge in [-0.3, -0.25) is 0 Å². The van der Waals surface area contributed by atoms with Gasteiger partial charge in [0, 0.05) is 0 Å². The standard InChI is InChI=1S/C11H17NO2S/c1-8(2)9(3)10-4-6-11(7-5-10)15(12,13)14/h4-9H,1-3H3,(H2,12,13,14). The molecule has 4 heteroatoms. The first-order valence-corrected chi connectivity index (χ1v) is 6.49. The molecule has 0 aliphatic carbocycles. The van der Waals surface area contributed by atoms with E-state index < -0.39 is 10.0 Å². The molecule has 0 spiro atoms. The van der Waals surface area contributed by atoms with E-state index in [9.17, 15) is 8.42 Å². The maximum atomic E-state index is 11.0. The van der Waals surface area contributed by atoms with Crippen LogP contribution in [0.1, 0.15) is 32.3 Å². The summed E-state index contributed by atoms with van der Waals surface area (Å²) in [5.41, 5.74) is 1.14. The summed E-state index contributed by atoms with van der Waals surface area (Å²) < 4.78 is 22.1. The number of hydrogen-bond donors (Lipinski definition) is 1. The Morgan fingerprint density at radius 1 is 1.07 bits per heavy atom.